The monoisotopic (exact) mass is 437 g/mol. The molecule has 2 aromatic heterocycles. The number of rotatable bonds is 3. The Hall–Kier alpha value is -3.03. The van der Waals surface area contributed by atoms with Gasteiger partial charge in [-0.2, -0.15) is 0 Å². The third kappa shape index (κ3) is 3.75. The van der Waals surface area contributed by atoms with Crippen LogP contribution >= 0.6 is 11.3 Å². The standard InChI is InChI=1S/C24H21F2N3OS/c25-16-9-15(10-17(26)11-16)20-12-28-24-22(23(20)29-7-5-18(27)6-8-29)21(13-31-24)14-1-3-19(30)4-2-14/h1-4,9-13,18,30H,5-8,27H2. The predicted molar refractivity (Wildman–Crippen MR) is 121 cm³/mol. The van der Waals surface area contributed by atoms with Crippen molar-refractivity contribution in [2.75, 3.05) is 18.0 Å². The van der Waals surface area contributed by atoms with Crippen LogP contribution in [0.15, 0.2) is 54.0 Å². The van der Waals surface area contributed by atoms with Crippen molar-refractivity contribution in [3.63, 3.8) is 0 Å². The number of hydrogen-bond donors (Lipinski definition) is 2. The Morgan fingerprint density at radius 3 is 2.32 bits per heavy atom. The lowest BCUT2D eigenvalue weighted by molar-refractivity contribution is 0.475. The molecule has 0 bridgehead atoms. The van der Waals surface area contributed by atoms with Gasteiger partial charge in [-0.15, -0.1) is 11.3 Å². The van der Waals surface area contributed by atoms with Gasteiger partial charge in [0.1, 0.15) is 22.2 Å². The van der Waals surface area contributed by atoms with E-state index in [0.29, 0.717) is 11.1 Å². The third-order valence-electron chi connectivity index (χ3n) is 5.78. The largest absolute Gasteiger partial charge is 0.508 e. The molecule has 1 saturated heterocycles. The molecule has 3 heterocycles. The van der Waals surface area contributed by atoms with Crippen molar-refractivity contribution >= 4 is 27.2 Å². The molecule has 0 spiro atoms. The Morgan fingerprint density at radius 1 is 0.968 bits per heavy atom. The van der Waals surface area contributed by atoms with Crippen molar-refractivity contribution in [2.45, 2.75) is 18.9 Å². The third-order valence-corrected chi connectivity index (χ3v) is 6.67. The minimum Gasteiger partial charge on any atom is -0.508 e. The number of hydrogen-bond acceptors (Lipinski definition) is 5. The molecule has 7 heteroatoms. The second-order valence-corrected chi connectivity index (χ2v) is 8.74. The first-order valence-electron chi connectivity index (χ1n) is 10.2. The van der Waals surface area contributed by atoms with Crippen molar-refractivity contribution in [2.24, 2.45) is 5.73 Å². The summed E-state index contributed by atoms with van der Waals surface area (Å²) in [7, 11) is 0. The first-order valence-corrected chi connectivity index (χ1v) is 11.0. The molecule has 4 nitrogen and oxygen atoms in total. The van der Waals surface area contributed by atoms with Gasteiger partial charge in [0.2, 0.25) is 0 Å². The highest BCUT2D eigenvalue weighted by molar-refractivity contribution is 7.17. The van der Waals surface area contributed by atoms with Gasteiger partial charge in [0, 0.05) is 53.3 Å². The predicted octanol–water partition coefficient (Wildman–Crippen LogP) is 5.54. The van der Waals surface area contributed by atoms with E-state index in [4.69, 9.17) is 5.73 Å². The summed E-state index contributed by atoms with van der Waals surface area (Å²) in [5.74, 6) is -1.04. The summed E-state index contributed by atoms with van der Waals surface area (Å²) in [6.07, 6.45) is 3.40. The highest BCUT2D eigenvalue weighted by Crippen LogP contribution is 2.45. The molecule has 0 unspecified atom stereocenters. The van der Waals surface area contributed by atoms with Gasteiger partial charge in [0.05, 0.1) is 5.69 Å². The smallest absolute Gasteiger partial charge is 0.126 e. The number of thiophene rings is 1. The van der Waals surface area contributed by atoms with Crippen LogP contribution in [0.25, 0.3) is 32.5 Å². The van der Waals surface area contributed by atoms with Crippen molar-refractivity contribution in [3.05, 3.63) is 65.7 Å². The second kappa shape index (κ2) is 7.90. The summed E-state index contributed by atoms with van der Waals surface area (Å²) < 4.78 is 28.1. The molecule has 0 aliphatic carbocycles. The van der Waals surface area contributed by atoms with Crippen LogP contribution in [0.3, 0.4) is 0 Å². The van der Waals surface area contributed by atoms with Gasteiger partial charge in [0.15, 0.2) is 0 Å². The maximum Gasteiger partial charge on any atom is 0.126 e. The van der Waals surface area contributed by atoms with Gasteiger partial charge in [-0.3, -0.25) is 0 Å². The summed E-state index contributed by atoms with van der Waals surface area (Å²) in [5.41, 5.74) is 10.1. The van der Waals surface area contributed by atoms with E-state index in [1.54, 1.807) is 18.3 Å². The van der Waals surface area contributed by atoms with Gasteiger partial charge in [-0.25, -0.2) is 13.8 Å². The summed E-state index contributed by atoms with van der Waals surface area (Å²) >= 11 is 1.53. The number of phenols is 1. The molecule has 0 saturated carbocycles. The van der Waals surface area contributed by atoms with Crippen LogP contribution in [0.1, 0.15) is 12.8 Å². The fraction of sp³-hybridized carbons (Fsp3) is 0.208. The molecule has 0 amide bonds. The normalized spacial score (nSPS) is 15.0. The van der Waals surface area contributed by atoms with Gasteiger partial charge in [-0.1, -0.05) is 12.1 Å². The molecule has 158 valence electrons. The fourth-order valence-electron chi connectivity index (χ4n) is 4.22. The molecule has 5 rings (SSSR count). The number of aromatic hydroxyl groups is 1. The number of benzene rings is 2. The Labute approximate surface area is 182 Å². The first kappa shape index (κ1) is 19.9. The fourth-order valence-corrected chi connectivity index (χ4v) is 5.14. The number of phenolic OH excluding ortho intramolecular Hbond substituents is 1. The van der Waals surface area contributed by atoms with Gasteiger partial charge in [-0.05, 0) is 48.2 Å². The second-order valence-electron chi connectivity index (χ2n) is 7.88. The zero-order valence-corrected chi connectivity index (χ0v) is 17.5. The Balaban J connectivity index is 1.77. The van der Waals surface area contributed by atoms with E-state index in [-0.39, 0.29) is 11.8 Å². The quantitative estimate of drug-likeness (QED) is 0.442. The van der Waals surface area contributed by atoms with Gasteiger partial charge in [0.25, 0.3) is 0 Å². The van der Waals surface area contributed by atoms with Crippen molar-refractivity contribution < 1.29 is 13.9 Å². The average molecular weight is 438 g/mol. The molecule has 1 fully saturated rings. The molecular weight excluding hydrogens is 416 g/mol. The number of halogens is 2. The summed E-state index contributed by atoms with van der Waals surface area (Å²) in [5, 5.41) is 12.7. The maximum atomic E-state index is 14.1. The van der Waals surface area contributed by atoms with Crippen molar-refractivity contribution in [1.29, 1.82) is 0 Å². The van der Waals surface area contributed by atoms with E-state index in [9.17, 15) is 13.9 Å². The topological polar surface area (TPSA) is 62.4 Å². The van der Waals surface area contributed by atoms with Crippen LogP contribution in [0, 0.1) is 11.6 Å². The van der Waals surface area contributed by atoms with Gasteiger partial charge < -0.3 is 15.7 Å². The van der Waals surface area contributed by atoms with Crippen LogP contribution in [0.5, 0.6) is 5.75 Å². The number of anilines is 1. The van der Waals surface area contributed by atoms with Crippen LogP contribution < -0.4 is 10.6 Å². The summed E-state index contributed by atoms with van der Waals surface area (Å²) in [6.45, 7) is 1.52. The summed E-state index contributed by atoms with van der Waals surface area (Å²) in [4.78, 5) is 7.73. The number of aromatic nitrogens is 1. The number of nitrogens with two attached hydrogens (primary N) is 1. The zero-order chi connectivity index (χ0) is 21.5. The van der Waals surface area contributed by atoms with E-state index in [1.807, 2.05) is 17.5 Å². The van der Waals surface area contributed by atoms with Crippen molar-refractivity contribution in [1.82, 2.24) is 4.98 Å². The number of nitrogens with zero attached hydrogens (tertiary/aromatic N) is 2. The molecule has 4 aromatic rings. The Kier molecular flexibility index (Phi) is 5.08. The Morgan fingerprint density at radius 2 is 1.65 bits per heavy atom. The highest BCUT2D eigenvalue weighted by atomic mass is 32.1. The van der Waals surface area contributed by atoms with E-state index in [2.05, 4.69) is 9.88 Å². The molecular formula is C24H21F2N3OS. The average Bonchev–Trinajstić information content (AvgIpc) is 3.18. The lowest BCUT2D eigenvalue weighted by Gasteiger charge is -2.34. The highest BCUT2D eigenvalue weighted by Gasteiger charge is 2.25. The molecule has 3 N–H and O–H groups in total. The number of pyridine rings is 1. The molecule has 1 aliphatic heterocycles. The molecule has 31 heavy (non-hydrogen) atoms. The number of piperidine rings is 1. The van der Waals surface area contributed by atoms with Crippen molar-refractivity contribution in [3.8, 4) is 28.0 Å². The summed E-state index contributed by atoms with van der Waals surface area (Å²) in [6, 6.07) is 10.7. The van der Waals surface area contributed by atoms with Crippen LogP contribution in [-0.4, -0.2) is 29.2 Å². The lowest BCUT2D eigenvalue weighted by Crippen LogP contribution is -2.40. The van der Waals surface area contributed by atoms with E-state index < -0.39 is 11.6 Å². The first-order chi connectivity index (χ1) is 15.0. The SMILES string of the molecule is NC1CCN(c2c(-c3cc(F)cc(F)c3)cnc3scc(-c4ccc(O)cc4)c23)CC1. The molecule has 0 atom stereocenters. The van der Waals surface area contributed by atoms with Crippen LogP contribution in [-0.2, 0) is 0 Å². The lowest BCUT2D eigenvalue weighted by atomic mass is 9.96. The van der Waals surface area contributed by atoms with Crippen LogP contribution in [0.4, 0.5) is 14.5 Å². The minimum absolute atomic E-state index is 0.155. The van der Waals surface area contributed by atoms with E-state index in [0.717, 1.165) is 59.0 Å². The van der Waals surface area contributed by atoms with E-state index >= 15 is 0 Å². The number of fused-ring (bicyclic) bond motifs is 1. The molecule has 1 aliphatic rings. The molecule has 0 radical (unpaired) electrons. The van der Waals surface area contributed by atoms with E-state index in [1.165, 1.54) is 23.5 Å². The zero-order valence-electron chi connectivity index (χ0n) is 16.7. The van der Waals surface area contributed by atoms with Crippen LogP contribution in [0.2, 0.25) is 0 Å². The Bertz CT molecular complexity index is 1230. The minimum atomic E-state index is -0.620. The maximum absolute atomic E-state index is 14.1. The molecule has 2 aromatic carbocycles. The van der Waals surface area contributed by atoms with Gasteiger partial charge >= 0.3 is 0 Å².